The van der Waals surface area contributed by atoms with Gasteiger partial charge in [0.05, 0.1) is 5.69 Å². The van der Waals surface area contributed by atoms with Crippen molar-refractivity contribution in [2.24, 2.45) is 0 Å². The molecule has 3 heterocycles. The number of carbonyl (C=O) groups excluding carboxylic acids is 1. The summed E-state index contributed by atoms with van der Waals surface area (Å²) in [5.41, 5.74) is 1.23. The number of fused-ring (bicyclic) bond motifs is 1. The van der Waals surface area contributed by atoms with Gasteiger partial charge in [-0.25, -0.2) is 4.98 Å². The van der Waals surface area contributed by atoms with Crippen LogP contribution in [0.1, 0.15) is 18.5 Å². The second kappa shape index (κ2) is 9.22. The maximum Gasteiger partial charge on any atom is 0.252 e. The highest BCUT2D eigenvalue weighted by atomic mass is 35.5. The van der Waals surface area contributed by atoms with E-state index < -0.39 is 5.60 Å². The molecule has 1 fully saturated rings. The molecule has 0 unspecified atom stereocenters. The molecule has 1 amide bonds. The number of aromatic nitrogens is 2. The van der Waals surface area contributed by atoms with E-state index in [1.54, 1.807) is 7.11 Å². The normalized spacial score (nSPS) is 16.0. The Morgan fingerprint density at radius 3 is 2.79 bits per heavy atom. The zero-order chi connectivity index (χ0) is 15.4. The van der Waals surface area contributed by atoms with Crippen molar-refractivity contribution >= 4 is 36.4 Å². The zero-order valence-corrected chi connectivity index (χ0v) is 15.3. The minimum Gasteiger partial charge on any atom is -0.368 e. The summed E-state index contributed by atoms with van der Waals surface area (Å²) in [6, 6.07) is 5.91. The van der Waals surface area contributed by atoms with E-state index in [4.69, 9.17) is 4.74 Å². The predicted molar refractivity (Wildman–Crippen MR) is 98.2 cm³/mol. The first kappa shape index (κ1) is 20.7. The number of nitrogens with one attached hydrogen (secondary N) is 2. The summed E-state index contributed by atoms with van der Waals surface area (Å²) in [6.07, 6.45) is 6.11. The molecular formula is C16H24Cl2N4O2. The summed E-state index contributed by atoms with van der Waals surface area (Å²) in [7, 11) is 1.62. The first-order valence-electron chi connectivity index (χ1n) is 7.70. The fraction of sp³-hybridized carbons (Fsp3) is 0.500. The van der Waals surface area contributed by atoms with Crippen LogP contribution in [-0.4, -0.2) is 47.6 Å². The van der Waals surface area contributed by atoms with Crippen molar-refractivity contribution in [3.8, 4) is 0 Å². The summed E-state index contributed by atoms with van der Waals surface area (Å²) < 4.78 is 7.51. The van der Waals surface area contributed by atoms with E-state index in [0.717, 1.165) is 24.4 Å². The number of carbonyl (C=O) groups is 1. The van der Waals surface area contributed by atoms with Gasteiger partial charge in [0.25, 0.3) is 5.91 Å². The standard InChI is InChI=1S/C16H22N4O2.2ClH/c1-22-16(6-9-17-10-7-16)15(21)18-8-5-13-12-20-11-3-2-4-14(20)19-13;;/h2-4,11-12,17H,5-10H2,1H3,(H,18,21);2*1H. The first-order valence-corrected chi connectivity index (χ1v) is 7.70. The lowest BCUT2D eigenvalue weighted by Gasteiger charge is -2.34. The molecule has 0 radical (unpaired) electrons. The number of ether oxygens (including phenoxy) is 1. The fourth-order valence-electron chi connectivity index (χ4n) is 2.93. The van der Waals surface area contributed by atoms with Crippen LogP contribution >= 0.6 is 24.8 Å². The Labute approximate surface area is 154 Å². The molecule has 0 aliphatic carbocycles. The lowest BCUT2D eigenvalue weighted by atomic mass is 9.91. The predicted octanol–water partition coefficient (Wildman–Crippen LogP) is 1.61. The van der Waals surface area contributed by atoms with E-state index in [9.17, 15) is 4.79 Å². The van der Waals surface area contributed by atoms with Crippen LogP contribution in [0.25, 0.3) is 5.65 Å². The van der Waals surface area contributed by atoms with Gasteiger partial charge >= 0.3 is 0 Å². The number of nitrogens with zero attached hydrogens (tertiary/aromatic N) is 2. The topological polar surface area (TPSA) is 67.7 Å². The molecule has 2 aromatic rings. The van der Waals surface area contributed by atoms with Crippen LogP contribution < -0.4 is 10.6 Å². The van der Waals surface area contributed by atoms with Crippen molar-refractivity contribution in [1.29, 1.82) is 0 Å². The molecule has 8 heteroatoms. The van der Waals surface area contributed by atoms with Crippen LogP contribution in [0.2, 0.25) is 0 Å². The Hall–Kier alpha value is -1.34. The molecule has 0 spiro atoms. The Balaban J connectivity index is 0.00000144. The number of hydrogen-bond donors (Lipinski definition) is 2. The number of hydrogen-bond acceptors (Lipinski definition) is 4. The monoisotopic (exact) mass is 374 g/mol. The van der Waals surface area contributed by atoms with Gasteiger partial charge in [-0.3, -0.25) is 4.79 Å². The number of halogens is 2. The van der Waals surface area contributed by atoms with Gasteiger partial charge in [0, 0.05) is 32.5 Å². The van der Waals surface area contributed by atoms with Crippen LogP contribution in [-0.2, 0) is 16.0 Å². The third-order valence-corrected chi connectivity index (χ3v) is 4.30. The highest BCUT2D eigenvalue weighted by Gasteiger charge is 2.39. The highest BCUT2D eigenvalue weighted by molar-refractivity contribution is 5.86. The van der Waals surface area contributed by atoms with Crippen LogP contribution in [0.3, 0.4) is 0 Å². The molecule has 24 heavy (non-hydrogen) atoms. The zero-order valence-electron chi connectivity index (χ0n) is 13.7. The van der Waals surface area contributed by atoms with Gasteiger partial charge < -0.3 is 19.8 Å². The van der Waals surface area contributed by atoms with E-state index in [1.165, 1.54) is 0 Å². The summed E-state index contributed by atoms with van der Waals surface area (Å²) in [4.78, 5) is 17.0. The summed E-state index contributed by atoms with van der Waals surface area (Å²) >= 11 is 0. The molecule has 3 rings (SSSR count). The number of methoxy groups -OCH3 is 1. The van der Waals surface area contributed by atoms with Gasteiger partial charge in [-0.15, -0.1) is 24.8 Å². The highest BCUT2D eigenvalue weighted by Crippen LogP contribution is 2.22. The largest absolute Gasteiger partial charge is 0.368 e. The van der Waals surface area contributed by atoms with Gasteiger partial charge in [-0.1, -0.05) is 6.07 Å². The lowest BCUT2D eigenvalue weighted by molar-refractivity contribution is -0.146. The molecule has 2 aromatic heterocycles. The maximum absolute atomic E-state index is 12.4. The number of piperidine rings is 1. The Kier molecular flexibility index (Phi) is 7.96. The third kappa shape index (κ3) is 4.39. The summed E-state index contributed by atoms with van der Waals surface area (Å²) in [6.45, 7) is 2.20. The molecule has 134 valence electrons. The Morgan fingerprint density at radius 2 is 2.12 bits per heavy atom. The molecule has 0 atom stereocenters. The molecule has 6 nitrogen and oxygen atoms in total. The number of pyridine rings is 1. The van der Waals surface area contributed by atoms with Crippen LogP contribution in [0.15, 0.2) is 30.6 Å². The molecule has 0 aromatic carbocycles. The van der Waals surface area contributed by atoms with Crippen LogP contribution in [0.4, 0.5) is 0 Å². The fourth-order valence-corrected chi connectivity index (χ4v) is 2.93. The van der Waals surface area contributed by atoms with Crippen molar-refractivity contribution in [2.45, 2.75) is 24.9 Å². The average molecular weight is 375 g/mol. The minimum absolute atomic E-state index is 0. The minimum atomic E-state index is -0.676. The van der Waals surface area contributed by atoms with Gasteiger partial charge in [-0.2, -0.15) is 0 Å². The second-order valence-corrected chi connectivity index (χ2v) is 5.65. The molecule has 1 aliphatic heterocycles. The van der Waals surface area contributed by atoms with E-state index in [0.29, 0.717) is 25.8 Å². The molecule has 0 bridgehead atoms. The summed E-state index contributed by atoms with van der Waals surface area (Å²) in [5.74, 6) is -0.0136. The van der Waals surface area contributed by atoms with Crippen molar-refractivity contribution in [1.82, 2.24) is 20.0 Å². The lowest BCUT2D eigenvalue weighted by Crippen LogP contribution is -2.54. The van der Waals surface area contributed by atoms with Crippen LogP contribution in [0, 0.1) is 0 Å². The quantitative estimate of drug-likeness (QED) is 0.833. The molecule has 1 aliphatic rings. The molecule has 2 N–H and O–H groups in total. The summed E-state index contributed by atoms with van der Waals surface area (Å²) in [5, 5.41) is 6.25. The van der Waals surface area contributed by atoms with E-state index >= 15 is 0 Å². The average Bonchev–Trinajstić information content (AvgIpc) is 2.98. The number of imidazole rings is 1. The van der Waals surface area contributed by atoms with E-state index in [2.05, 4.69) is 15.6 Å². The smallest absolute Gasteiger partial charge is 0.252 e. The SMILES string of the molecule is COC1(C(=O)NCCc2cn3ccccc3n2)CCNCC1.Cl.Cl. The second-order valence-electron chi connectivity index (χ2n) is 5.65. The Morgan fingerprint density at radius 1 is 1.38 bits per heavy atom. The molecule has 1 saturated heterocycles. The van der Waals surface area contributed by atoms with Gasteiger partial charge in [-0.05, 0) is 38.1 Å². The van der Waals surface area contributed by atoms with Gasteiger partial charge in [0.15, 0.2) is 0 Å². The first-order chi connectivity index (χ1) is 10.7. The van der Waals surface area contributed by atoms with Gasteiger partial charge in [0.1, 0.15) is 11.2 Å². The molecular weight excluding hydrogens is 351 g/mol. The third-order valence-electron chi connectivity index (χ3n) is 4.30. The molecule has 0 saturated carbocycles. The van der Waals surface area contributed by atoms with Crippen molar-refractivity contribution in [3.05, 3.63) is 36.3 Å². The number of rotatable bonds is 5. The van der Waals surface area contributed by atoms with Crippen molar-refractivity contribution < 1.29 is 9.53 Å². The number of amides is 1. The van der Waals surface area contributed by atoms with Crippen molar-refractivity contribution in [2.75, 3.05) is 26.7 Å². The van der Waals surface area contributed by atoms with E-state index in [-0.39, 0.29) is 30.7 Å². The van der Waals surface area contributed by atoms with Crippen molar-refractivity contribution in [3.63, 3.8) is 0 Å². The maximum atomic E-state index is 12.4. The van der Waals surface area contributed by atoms with Crippen LogP contribution in [0.5, 0.6) is 0 Å². The Bertz CT molecular complexity index is 623. The van der Waals surface area contributed by atoms with Gasteiger partial charge in [0.2, 0.25) is 0 Å². The van der Waals surface area contributed by atoms with E-state index in [1.807, 2.05) is 35.0 Å².